The molecular weight excluding hydrogens is 396 g/mol. The summed E-state index contributed by atoms with van der Waals surface area (Å²) >= 11 is 6.31. The van der Waals surface area contributed by atoms with Gasteiger partial charge in [-0.25, -0.2) is 5.01 Å². The molecule has 0 amide bonds. The third kappa shape index (κ3) is 3.41. The van der Waals surface area contributed by atoms with Crippen LogP contribution in [0.1, 0.15) is 47.9 Å². The van der Waals surface area contributed by atoms with Crippen molar-refractivity contribution in [1.29, 1.82) is 0 Å². The molecule has 2 aliphatic rings. The van der Waals surface area contributed by atoms with Gasteiger partial charge in [0.1, 0.15) is 11.5 Å². The summed E-state index contributed by atoms with van der Waals surface area (Å²) in [4.78, 5) is 0. The molecule has 2 heterocycles. The highest BCUT2D eigenvalue weighted by atomic mass is 35.5. The zero-order chi connectivity index (χ0) is 20.7. The van der Waals surface area contributed by atoms with Crippen molar-refractivity contribution < 1.29 is 9.47 Å². The van der Waals surface area contributed by atoms with Gasteiger partial charge in [0.25, 0.3) is 0 Å². The van der Waals surface area contributed by atoms with Crippen molar-refractivity contribution >= 4 is 17.3 Å². The van der Waals surface area contributed by atoms with Crippen LogP contribution in [0.3, 0.4) is 0 Å². The van der Waals surface area contributed by atoms with Crippen LogP contribution in [0, 0.1) is 6.92 Å². The Bertz CT molecular complexity index is 1090. The summed E-state index contributed by atoms with van der Waals surface area (Å²) in [6.07, 6.45) is 0.525. The number of hydrazone groups is 1. The lowest BCUT2D eigenvalue weighted by molar-refractivity contribution is -0.0190. The van der Waals surface area contributed by atoms with Crippen molar-refractivity contribution in [3.05, 3.63) is 94.0 Å². The molecule has 0 bridgehead atoms. The number of nitrogens with zero attached hydrogens (tertiary/aromatic N) is 2. The molecule has 2 atom stereocenters. The van der Waals surface area contributed by atoms with Crippen molar-refractivity contribution in [3.63, 3.8) is 0 Å². The fourth-order valence-corrected chi connectivity index (χ4v) is 4.27. The van der Waals surface area contributed by atoms with E-state index in [1.807, 2.05) is 37.3 Å². The Labute approximate surface area is 181 Å². The van der Waals surface area contributed by atoms with Crippen LogP contribution in [0.4, 0.5) is 0 Å². The Hall–Kier alpha value is -2.98. The predicted octanol–water partition coefficient (Wildman–Crippen LogP) is 6.29. The Morgan fingerprint density at radius 1 is 1.07 bits per heavy atom. The molecule has 0 spiro atoms. The molecule has 152 valence electrons. The van der Waals surface area contributed by atoms with E-state index in [9.17, 15) is 0 Å². The molecule has 4 nitrogen and oxygen atoms in total. The zero-order valence-corrected chi connectivity index (χ0v) is 17.8. The van der Waals surface area contributed by atoms with Crippen LogP contribution < -0.4 is 9.47 Å². The van der Waals surface area contributed by atoms with Gasteiger partial charge in [-0.1, -0.05) is 41.4 Å². The number of benzene rings is 3. The van der Waals surface area contributed by atoms with Crippen LogP contribution in [-0.4, -0.2) is 17.3 Å². The Kier molecular flexibility index (Phi) is 4.87. The number of halogens is 1. The molecule has 5 rings (SSSR count). The lowest BCUT2D eigenvalue weighted by Crippen LogP contribution is -2.33. The monoisotopic (exact) mass is 418 g/mol. The second kappa shape index (κ2) is 7.69. The fraction of sp³-hybridized carbons (Fsp3) is 0.240. The summed E-state index contributed by atoms with van der Waals surface area (Å²) in [7, 11) is 0. The standard InChI is InChI=1S/C25H23ClN2O2/c1-3-29-20-11-8-17(9-12-20)22-15-23-21-14-19(26)10-13-24(21)30-25(28(23)27-22)18-6-4-16(2)5-7-18/h4-14,23,25H,3,15H2,1-2H3/t23-,25+/m0/s1. The second-order valence-corrected chi connectivity index (χ2v) is 8.10. The molecular formula is C25H23ClN2O2. The van der Waals surface area contributed by atoms with Crippen LogP contribution in [-0.2, 0) is 0 Å². The minimum absolute atomic E-state index is 0.0836. The molecule has 3 aromatic carbocycles. The van der Waals surface area contributed by atoms with Crippen molar-refractivity contribution in [1.82, 2.24) is 5.01 Å². The average Bonchev–Trinajstić information content (AvgIpc) is 3.21. The van der Waals surface area contributed by atoms with Crippen LogP contribution in [0.15, 0.2) is 71.8 Å². The molecule has 0 fully saturated rings. The fourth-order valence-electron chi connectivity index (χ4n) is 4.09. The lowest BCUT2D eigenvalue weighted by atomic mass is 9.96. The van der Waals surface area contributed by atoms with E-state index in [1.54, 1.807) is 0 Å². The summed E-state index contributed by atoms with van der Waals surface area (Å²) in [6, 6.07) is 22.5. The number of rotatable bonds is 4. The third-order valence-corrected chi connectivity index (χ3v) is 5.85. The molecule has 0 saturated heterocycles. The molecule has 0 N–H and O–H groups in total. The average molecular weight is 419 g/mol. The van der Waals surface area contributed by atoms with Gasteiger partial charge in [-0.05, 0) is 61.9 Å². The first-order chi connectivity index (χ1) is 14.6. The first-order valence-corrected chi connectivity index (χ1v) is 10.6. The highest BCUT2D eigenvalue weighted by molar-refractivity contribution is 6.30. The maximum atomic E-state index is 6.40. The zero-order valence-electron chi connectivity index (χ0n) is 17.0. The van der Waals surface area contributed by atoms with Gasteiger partial charge in [0.05, 0.1) is 18.4 Å². The molecule has 3 aromatic rings. The van der Waals surface area contributed by atoms with Crippen LogP contribution >= 0.6 is 11.6 Å². The van der Waals surface area contributed by atoms with Gasteiger partial charge in [-0.15, -0.1) is 0 Å². The first kappa shape index (κ1) is 19.0. The first-order valence-electron chi connectivity index (χ1n) is 10.2. The molecule has 0 unspecified atom stereocenters. The van der Waals surface area contributed by atoms with E-state index in [2.05, 4.69) is 48.3 Å². The lowest BCUT2D eigenvalue weighted by Gasteiger charge is -2.38. The minimum Gasteiger partial charge on any atom is -0.494 e. The minimum atomic E-state index is -0.274. The van der Waals surface area contributed by atoms with Crippen molar-refractivity contribution in [3.8, 4) is 11.5 Å². The quantitative estimate of drug-likeness (QED) is 0.499. The Morgan fingerprint density at radius 3 is 2.57 bits per heavy atom. The van der Waals surface area contributed by atoms with E-state index in [1.165, 1.54) is 5.56 Å². The van der Waals surface area contributed by atoms with Crippen molar-refractivity contribution in [2.75, 3.05) is 6.61 Å². The summed E-state index contributed by atoms with van der Waals surface area (Å²) in [6.45, 7) is 4.73. The second-order valence-electron chi connectivity index (χ2n) is 7.67. The number of ether oxygens (including phenoxy) is 2. The summed E-state index contributed by atoms with van der Waals surface area (Å²) in [5.74, 6) is 1.74. The largest absolute Gasteiger partial charge is 0.494 e. The third-order valence-electron chi connectivity index (χ3n) is 5.61. The molecule has 0 aliphatic carbocycles. The van der Waals surface area contributed by atoms with Gasteiger partial charge >= 0.3 is 0 Å². The van der Waals surface area contributed by atoms with E-state index < -0.39 is 0 Å². The van der Waals surface area contributed by atoms with Crippen LogP contribution in [0.25, 0.3) is 0 Å². The maximum Gasteiger partial charge on any atom is 0.213 e. The van der Waals surface area contributed by atoms with Crippen molar-refractivity contribution in [2.45, 2.75) is 32.5 Å². The van der Waals surface area contributed by atoms with Gasteiger partial charge in [0.2, 0.25) is 6.23 Å². The molecule has 0 aromatic heterocycles. The summed E-state index contributed by atoms with van der Waals surface area (Å²) in [5, 5.41) is 7.79. The van der Waals surface area contributed by atoms with Crippen LogP contribution in [0.5, 0.6) is 11.5 Å². The Balaban J connectivity index is 1.54. The molecule has 2 aliphatic heterocycles. The molecule has 0 saturated carbocycles. The number of hydrogen-bond donors (Lipinski definition) is 0. The van der Waals surface area contributed by atoms with E-state index in [-0.39, 0.29) is 12.3 Å². The number of aryl methyl sites for hydroxylation is 1. The van der Waals surface area contributed by atoms with Gasteiger partial charge in [0.15, 0.2) is 0 Å². The topological polar surface area (TPSA) is 34.1 Å². The molecule has 30 heavy (non-hydrogen) atoms. The number of hydrogen-bond acceptors (Lipinski definition) is 4. The number of fused-ring (bicyclic) bond motifs is 3. The van der Waals surface area contributed by atoms with Gasteiger partial charge in [0, 0.05) is 22.6 Å². The predicted molar refractivity (Wildman–Crippen MR) is 119 cm³/mol. The highest BCUT2D eigenvalue weighted by Crippen LogP contribution is 2.48. The Morgan fingerprint density at radius 2 is 1.83 bits per heavy atom. The SMILES string of the molecule is CCOc1ccc(C2=NN3[C@@H](c4ccc(C)cc4)Oc4ccc(Cl)cc4[C@@H]3C2)cc1. The molecule has 5 heteroatoms. The highest BCUT2D eigenvalue weighted by Gasteiger charge is 2.41. The smallest absolute Gasteiger partial charge is 0.213 e. The van der Waals surface area contributed by atoms with Crippen molar-refractivity contribution in [2.24, 2.45) is 5.10 Å². The van der Waals surface area contributed by atoms with E-state index in [0.29, 0.717) is 11.6 Å². The van der Waals surface area contributed by atoms with E-state index >= 15 is 0 Å². The molecule has 0 radical (unpaired) electrons. The normalized spacial score (nSPS) is 19.6. The van der Waals surface area contributed by atoms with Gasteiger partial charge < -0.3 is 9.47 Å². The van der Waals surface area contributed by atoms with Crippen LogP contribution in [0.2, 0.25) is 5.02 Å². The summed E-state index contributed by atoms with van der Waals surface area (Å²) < 4.78 is 12.0. The van der Waals surface area contributed by atoms with E-state index in [4.69, 9.17) is 26.2 Å². The summed E-state index contributed by atoms with van der Waals surface area (Å²) in [5.41, 5.74) is 5.52. The van der Waals surface area contributed by atoms with Gasteiger partial charge in [-0.3, -0.25) is 0 Å². The van der Waals surface area contributed by atoms with Gasteiger partial charge in [-0.2, -0.15) is 5.10 Å². The van der Waals surface area contributed by atoms with E-state index in [0.717, 1.165) is 40.3 Å². The maximum absolute atomic E-state index is 6.40.